The Bertz CT molecular complexity index is 760. The fourth-order valence-corrected chi connectivity index (χ4v) is 3.31. The van der Waals surface area contributed by atoms with Crippen molar-refractivity contribution in [2.24, 2.45) is 0 Å². The summed E-state index contributed by atoms with van der Waals surface area (Å²) in [7, 11) is 0. The molecular formula is C17H20O5. The van der Waals surface area contributed by atoms with Crippen molar-refractivity contribution in [2.45, 2.75) is 51.4 Å². The summed E-state index contributed by atoms with van der Waals surface area (Å²) < 4.78 is 5.46. The Kier molecular flexibility index (Phi) is 4.04. The summed E-state index contributed by atoms with van der Waals surface area (Å²) in [6.07, 6.45) is 0.568. The van der Waals surface area contributed by atoms with Crippen molar-refractivity contribution in [2.75, 3.05) is 0 Å². The largest absolute Gasteiger partial charge is 0.422 e. The Balaban J connectivity index is 2.24. The van der Waals surface area contributed by atoms with Gasteiger partial charge < -0.3 is 19.7 Å². The molecule has 1 atom stereocenters. The lowest BCUT2D eigenvalue weighted by molar-refractivity contribution is -0.120. The molecule has 5 heteroatoms. The van der Waals surface area contributed by atoms with Crippen molar-refractivity contribution in [3.63, 3.8) is 0 Å². The van der Waals surface area contributed by atoms with Crippen LogP contribution in [0, 0.1) is 6.92 Å². The first-order valence-corrected chi connectivity index (χ1v) is 7.59. The summed E-state index contributed by atoms with van der Waals surface area (Å²) in [5.41, 5.74) is 3.65. The topological polar surface area (TPSA) is 90.9 Å². The number of benzene rings is 1. The van der Waals surface area contributed by atoms with Gasteiger partial charge in [-0.1, -0.05) is 6.07 Å². The number of fused-ring (bicyclic) bond motifs is 3. The molecule has 1 aliphatic rings. The highest BCUT2D eigenvalue weighted by Crippen LogP contribution is 2.31. The van der Waals surface area contributed by atoms with Crippen LogP contribution in [-0.2, 0) is 19.3 Å². The lowest BCUT2D eigenvalue weighted by Crippen LogP contribution is -2.27. The predicted octanol–water partition coefficient (Wildman–Crippen LogP) is 1.19. The van der Waals surface area contributed by atoms with Crippen molar-refractivity contribution in [1.82, 2.24) is 0 Å². The van der Waals surface area contributed by atoms with Crippen LogP contribution in [0.15, 0.2) is 21.3 Å². The zero-order valence-corrected chi connectivity index (χ0v) is 12.5. The maximum absolute atomic E-state index is 12.1. The summed E-state index contributed by atoms with van der Waals surface area (Å²) in [5, 5.41) is 28.9. The number of hydrogen-bond acceptors (Lipinski definition) is 5. The summed E-state index contributed by atoms with van der Waals surface area (Å²) in [6.45, 7) is 1.88. The molecule has 0 saturated heterocycles. The van der Waals surface area contributed by atoms with Gasteiger partial charge in [-0.3, -0.25) is 0 Å². The molecule has 0 radical (unpaired) electrons. The molecule has 0 spiro atoms. The monoisotopic (exact) mass is 304 g/mol. The van der Waals surface area contributed by atoms with E-state index in [1.54, 1.807) is 0 Å². The van der Waals surface area contributed by atoms with Crippen LogP contribution < -0.4 is 5.63 Å². The van der Waals surface area contributed by atoms with Crippen LogP contribution in [0.3, 0.4) is 0 Å². The van der Waals surface area contributed by atoms with Gasteiger partial charge in [0.25, 0.3) is 0 Å². The first-order chi connectivity index (χ1) is 10.5. The normalized spacial score (nSPS) is 16.0. The minimum atomic E-state index is -1.79. The molecule has 1 aromatic heterocycles. The number of rotatable bonds is 3. The number of hydrogen-bond donors (Lipinski definition) is 3. The van der Waals surface area contributed by atoms with Gasteiger partial charge in [0.15, 0.2) is 6.29 Å². The Labute approximate surface area is 127 Å². The smallest absolute Gasteiger partial charge is 0.339 e. The van der Waals surface area contributed by atoms with Gasteiger partial charge in [0, 0.05) is 17.4 Å². The second-order valence-electron chi connectivity index (χ2n) is 6.04. The first-order valence-electron chi connectivity index (χ1n) is 7.59. The van der Waals surface area contributed by atoms with E-state index in [1.165, 1.54) is 0 Å². The van der Waals surface area contributed by atoms with Crippen LogP contribution in [0.2, 0.25) is 0 Å². The third kappa shape index (κ3) is 2.67. The van der Waals surface area contributed by atoms with Gasteiger partial charge in [0.1, 0.15) is 11.7 Å². The van der Waals surface area contributed by atoms with Crippen LogP contribution in [-0.4, -0.2) is 27.7 Å². The maximum atomic E-state index is 12.1. The van der Waals surface area contributed by atoms with E-state index in [1.807, 2.05) is 19.1 Å². The zero-order valence-electron chi connectivity index (χ0n) is 12.5. The van der Waals surface area contributed by atoms with E-state index in [0.717, 1.165) is 46.9 Å². The number of aryl methyl sites for hydroxylation is 2. The Hall–Kier alpha value is -1.69. The van der Waals surface area contributed by atoms with E-state index in [2.05, 4.69) is 0 Å². The summed E-state index contributed by atoms with van der Waals surface area (Å²) in [6, 6.07) is 3.72. The lowest BCUT2D eigenvalue weighted by Gasteiger charge is -2.20. The average Bonchev–Trinajstić information content (AvgIpc) is 2.46. The van der Waals surface area contributed by atoms with Gasteiger partial charge in [0.2, 0.25) is 0 Å². The van der Waals surface area contributed by atoms with Crippen LogP contribution in [0.1, 0.15) is 35.1 Å². The molecule has 0 fully saturated rings. The highest BCUT2D eigenvalue weighted by atomic mass is 16.5. The zero-order chi connectivity index (χ0) is 15.9. The highest BCUT2D eigenvalue weighted by molar-refractivity contribution is 5.86. The molecule has 1 heterocycles. The molecule has 0 aliphatic heterocycles. The summed E-state index contributed by atoms with van der Waals surface area (Å²) >= 11 is 0. The Morgan fingerprint density at radius 3 is 2.50 bits per heavy atom. The van der Waals surface area contributed by atoms with Crippen molar-refractivity contribution in [1.29, 1.82) is 0 Å². The molecule has 1 aromatic carbocycles. The van der Waals surface area contributed by atoms with Crippen LogP contribution in [0.4, 0.5) is 0 Å². The fourth-order valence-electron chi connectivity index (χ4n) is 3.31. The third-order valence-corrected chi connectivity index (χ3v) is 4.32. The fraction of sp³-hybridized carbons (Fsp3) is 0.471. The molecule has 0 saturated carbocycles. The van der Waals surface area contributed by atoms with Gasteiger partial charge in [0.05, 0.1) is 0 Å². The molecule has 3 N–H and O–H groups in total. The molecule has 5 nitrogen and oxygen atoms in total. The molecule has 0 bridgehead atoms. The van der Waals surface area contributed by atoms with E-state index in [0.29, 0.717) is 12.0 Å². The van der Waals surface area contributed by atoms with E-state index < -0.39 is 12.4 Å². The van der Waals surface area contributed by atoms with Crippen LogP contribution in [0.25, 0.3) is 11.0 Å². The minimum absolute atomic E-state index is 0.107. The van der Waals surface area contributed by atoms with Gasteiger partial charge in [-0.05, 0) is 55.4 Å². The number of aliphatic hydroxyl groups excluding tert-OH is 2. The summed E-state index contributed by atoms with van der Waals surface area (Å²) in [4.78, 5) is 12.1. The Morgan fingerprint density at radius 2 is 1.82 bits per heavy atom. The molecular weight excluding hydrogens is 284 g/mol. The highest BCUT2D eigenvalue weighted by Gasteiger charge is 2.22. The third-order valence-electron chi connectivity index (χ3n) is 4.32. The van der Waals surface area contributed by atoms with Gasteiger partial charge in [-0.25, -0.2) is 4.79 Å². The van der Waals surface area contributed by atoms with E-state index in [4.69, 9.17) is 14.6 Å². The first kappa shape index (κ1) is 15.2. The van der Waals surface area contributed by atoms with Crippen molar-refractivity contribution in [3.05, 3.63) is 44.8 Å². The maximum Gasteiger partial charge on any atom is 0.339 e. The molecule has 0 amide bonds. The van der Waals surface area contributed by atoms with Crippen molar-refractivity contribution >= 4 is 11.0 Å². The average molecular weight is 304 g/mol. The quantitative estimate of drug-likeness (QED) is 0.585. The van der Waals surface area contributed by atoms with E-state index >= 15 is 0 Å². The second-order valence-corrected chi connectivity index (χ2v) is 6.04. The summed E-state index contributed by atoms with van der Waals surface area (Å²) in [5.74, 6) is 0. The predicted molar refractivity (Wildman–Crippen MR) is 81.8 cm³/mol. The minimum Gasteiger partial charge on any atom is -0.422 e. The molecule has 22 heavy (non-hydrogen) atoms. The van der Waals surface area contributed by atoms with Crippen molar-refractivity contribution < 1.29 is 19.7 Å². The number of aliphatic hydroxyl groups is 3. The van der Waals surface area contributed by atoms with Crippen LogP contribution >= 0.6 is 0 Å². The van der Waals surface area contributed by atoms with Gasteiger partial charge >= 0.3 is 5.63 Å². The van der Waals surface area contributed by atoms with E-state index in [-0.39, 0.29) is 12.0 Å². The van der Waals surface area contributed by atoms with Gasteiger partial charge in [-0.2, -0.15) is 0 Å². The van der Waals surface area contributed by atoms with Gasteiger partial charge in [-0.15, -0.1) is 0 Å². The molecule has 3 rings (SSSR count). The molecule has 1 unspecified atom stereocenters. The Morgan fingerprint density at radius 1 is 1.14 bits per heavy atom. The van der Waals surface area contributed by atoms with E-state index in [9.17, 15) is 9.90 Å². The molecule has 1 aliphatic carbocycles. The van der Waals surface area contributed by atoms with Crippen molar-refractivity contribution in [3.8, 4) is 0 Å². The SMILES string of the molecule is Cc1cc(CC(O)C(O)O)c2c3c(c(=O)oc2c1)CCCC3. The van der Waals surface area contributed by atoms with Crippen LogP contribution in [0.5, 0.6) is 0 Å². The standard InChI is InChI=1S/C17H20O5/c1-9-6-10(8-13(18)16(19)20)15-11-4-2-3-5-12(11)17(21)22-14(15)7-9/h6-7,13,16,18-20H,2-5,8H2,1H3. The molecule has 2 aromatic rings. The molecule has 118 valence electrons. The lowest BCUT2D eigenvalue weighted by atomic mass is 9.87. The second kappa shape index (κ2) is 5.83.